The number of hydrogen-bond acceptors (Lipinski definition) is 2. The molecule has 0 saturated carbocycles. The van der Waals surface area contributed by atoms with Crippen LogP contribution in [0.3, 0.4) is 0 Å². The molecular formula is C11H5BrCl2OS. The van der Waals surface area contributed by atoms with Crippen molar-refractivity contribution < 1.29 is 4.79 Å². The summed E-state index contributed by atoms with van der Waals surface area (Å²) in [6.07, 6.45) is 0. The molecule has 1 aromatic heterocycles. The highest BCUT2D eigenvalue weighted by molar-refractivity contribution is 9.10. The van der Waals surface area contributed by atoms with Gasteiger partial charge < -0.3 is 0 Å². The number of carbonyl (C=O) groups is 1. The summed E-state index contributed by atoms with van der Waals surface area (Å²) < 4.78 is 0.786. The number of benzene rings is 1. The minimum Gasteiger partial charge on any atom is -0.288 e. The second-order valence-corrected chi connectivity index (χ2v) is 5.53. The van der Waals surface area contributed by atoms with E-state index >= 15 is 0 Å². The van der Waals surface area contributed by atoms with E-state index in [1.54, 1.807) is 23.6 Å². The molecule has 0 aliphatic carbocycles. The topological polar surface area (TPSA) is 17.1 Å². The van der Waals surface area contributed by atoms with Crippen molar-refractivity contribution in [2.24, 2.45) is 0 Å². The Hall–Kier alpha value is -0.350. The SMILES string of the molecule is O=C(c1ccc(Cl)cc1Cl)c1cscc1Br. The Morgan fingerprint density at radius 2 is 1.94 bits per heavy atom. The maximum absolute atomic E-state index is 12.1. The quantitative estimate of drug-likeness (QED) is 0.702. The van der Waals surface area contributed by atoms with Gasteiger partial charge in [0.15, 0.2) is 5.78 Å². The predicted molar refractivity (Wildman–Crippen MR) is 71.9 cm³/mol. The van der Waals surface area contributed by atoms with Gasteiger partial charge in [0.05, 0.1) is 5.02 Å². The van der Waals surface area contributed by atoms with Gasteiger partial charge in [0.25, 0.3) is 0 Å². The number of carbonyl (C=O) groups excluding carboxylic acids is 1. The molecule has 0 N–H and O–H groups in total. The summed E-state index contributed by atoms with van der Waals surface area (Å²) in [5.41, 5.74) is 1.08. The first kappa shape index (κ1) is 12.1. The molecule has 1 aromatic carbocycles. The Labute approximate surface area is 115 Å². The third-order valence-electron chi connectivity index (χ3n) is 2.04. The Morgan fingerprint density at radius 3 is 2.50 bits per heavy atom. The first-order valence-electron chi connectivity index (χ1n) is 4.31. The summed E-state index contributed by atoms with van der Waals surface area (Å²) in [4.78, 5) is 12.1. The third kappa shape index (κ3) is 2.33. The standard InChI is InChI=1S/C11H5BrCl2OS/c12-9-5-16-4-8(9)11(15)7-2-1-6(13)3-10(7)14/h1-5H. The molecule has 16 heavy (non-hydrogen) atoms. The zero-order valence-corrected chi connectivity index (χ0v) is 11.8. The highest BCUT2D eigenvalue weighted by atomic mass is 79.9. The molecule has 0 atom stereocenters. The summed E-state index contributed by atoms with van der Waals surface area (Å²) in [5, 5.41) is 4.54. The van der Waals surface area contributed by atoms with Crippen molar-refractivity contribution in [1.82, 2.24) is 0 Å². The van der Waals surface area contributed by atoms with Crippen LogP contribution in [-0.4, -0.2) is 5.78 Å². The van der Waals surface area contributed by atoms with Crippen LogP contribution in [0, 0.1) is 0 Å². The molecule has 82 valence electrons. The zero-order chi connectivity index (χ0) is 11.7. The highest BCUT2D eigenvalue weighted by Gasteiger charge is 2.16. The van der Waals surface area contributed by atoms with Crippen LogP contribution < -0.4 is 0 Å². The van der Waals surface area contributed by atoms with Crippen molar-refractivity contribution in [3.05, 3.63) is 54.6 Å². The normalized spacial score (nSPS) is 10.4. The maximum atomic E-state index is 12.1. The monoisotopic (exact) mass is 334 g/mol. The molecule has 0 bridgehead atoms. The molecule has 1 heterocycles. The smallest absolute Gasteiger partial charge is 0.196 e. The Kier molecular flexibility index (Phi) is 3.70. The van der Waals surface area contributed by atoms with Gasteiger partial charge in [0.2, 0.25) is 0 Å². The van der Waals surface area contributed by atoms with E-state index in [1.165, 1.54) is 11.3 Å². The van der Waals surface area contributed by atoms with Crippen LogP contribution in [0.2, 0.25) is 10.0 Å². The maximum Gasteiger partial charge on any atom is 0.196 e. The molecule has 0 aliphatic heterocycles. The van der Waals surface area contributed by atoms with Gasteiger partial charge in [-0.3, -0.25) is 4.79 Å². The predicted octanol–water partition coefficient (Wildman–Crippen LogP) is 5.05. The highest BCUT2D eigenvalue weighted by Crippen LogP contribution is 2.28. The van der Waals surface area contributed by atoms with Crippen molar-refractivity contribution in [2.75, 3.05) is 0 Å². The summed E-state index contributed by atoms with van der Waals surface area (Å²) in [7, 11) is 0. The molecular weight excluding hydrogens is 331 g/mol. The number of rotatable bonds is 2. The van der Waals surface area contributed by atoms with E-state index in [4.69, 9.17) is 23.2 Å². The van der Waals surface area contributed by atoms with Crippen LogP contribution in [0.4, 0.5) is 0 Å². The van der Waals surface area contributed by atoms with E-state index < -0.39 is 0 Å². The molecule has 5 heteroatoms. The lowest BCUT2D eigenvalue weighted by Gasteiger charge is -2.02. The summed E-state index contributed by atoms with van der Waals surface area (Å²) in [6, 6.07) is 4.86. The van der Waals surface area contributed by atoms with Gasteiger partial charge in [-0.25, -0.2) is 0 Å². The Morgan fingerprint density at radius 1 is 1.19 bits per heavy atom. The number of hydrogen-bond donors (Lipinski definition) is 0. The summed E-state index contributed by atoms with van der Waals surface area (Å²) in [5.74, 6) is -0.102. The fourth-order valence-electron chi connectivity index (χ4n) is 1.26. The molecule has 0 unspecified atom stereocenters. The fraction of sp³-hybridized carbons (Fsp3) is 0. The van der Waals surface area contributed by atoms with E-state index in [1.807, 2.05) is 5.38 Å². The minimum absolute atomic E-state index is 0.102. The molecule has 0 aliphatic rings. The number of ketones is 1. The molecule has 0 amide bonds. The summed E-state index contributed by atoms with van der Waals surface area (Å²) >= 11 is 16.5. The first-order chi connectivity index (χ1) is 7.59. The zero-order valence-electron chi connectivity index (χ0n) is 7.84. The molecule has 0 spiro atoms. The van der Waals surface area contributed by atoms with Crippen LogP contribution >= 0.6 is 50.5 Å². The third-order valence-corrected chi connectivity index (χ3v) is 4.29. The minimum atomic E-state index is -0.102. The lowest BCUT2D eigenvalue weighted by molar-refractivity contribution is 0.103. The molecule has 0 saturated heterocycles. The number of thiophene rings is 1. The first-order valence-corrected chi connectivity index (χ1v) is 6.80. The van der Waals surface area contributed by atoms with Crippen molar-refractivity contribution >= 4 is 56.3 Å². The Balaban J connectivity index is 2.46. The second-order valence-electron chi connectivity index (χ2n) is 3.09. The van der Waals surface area contributed by atoms with Crippen LogP contribution in [0.1, 0.15) is 15.9 Å². The molecule has 0 fully saturated rings. The van der Waals surface area contributed by atoms with Crippen LogP contribution in [0.15, 0.2) is 33.4 Å². The second kappa shape index (κ2) is 4.88. The van der Waals surface area contributed by atoms with E-state index in [-0.39, 0.29) is 5.78 Å². The van der Waals surface area contributed by atoms with E-state index in [0.29, 0.717) is 21.2 Å². The lowest BCUT2D eigenvalue weighted by Crippen LogP contribution is -2.01. The van der Waals surface area contributed by atoms with Crippen molar-refractivity contribution in [3.8, 4) is 0 Å². The average molecular weight is 336 g/mol. The van der Waals surface area contributed by atoms with Gasteiger partial charge in [-0.15, -0.1) is 0 Å². The Bertz CT molecular complexity index is 551. The van der Waals surface area contributed by atoms with E-state index in [9.17, 15) is 4.79 Å². The van der Waals surface area contributed by atoms with Gasteiger partial charge >= 0.3 is 0 Å². The molecule has 2 rings (SSSR count). The van der Waals surface area contributed by atoms with E-state index in [0.717, 1.165) is 4.47 Å². The lowest BCUT2D eigenvalue weighted by atomic mass is 10.1. The average Bonchev–Trinajstić information content (AvgIpc) is 2.63. The number of halogens is 3. The summed E-state index contributed by atoms with van der Waals surface area (Å²) in [6.45, 7) is 0. The van der Waals surface area contributed by atoms with Gasteiger partial charge in [0, 0.05) is 31.4 Å². The van der Waals surface area contributed by atoms with Gasteiger partial charge in [-0.05, 0) is 34.1 Å². The molecule has 0 radical (unpaired) electrons. The van der Waals surface area contributed by atoms with Crippen LogP contribution in [0.25, 0.3) is 0 Å². The van der Waals surface area contributed by atoms with Gasteiger partial charge in [-0.2, -0.15) is 11.3 Å². The van der Waals surface area contributed by atoms with Gasteiger partial charge in [-0.1, -0.05) is 23.2 Å². The van der Waals surface area contributed by atoms with Crippen molar-refractivity contribution in [1.29, 1.82) is 0 Å². The molecule has 2 aromatic rings. The van der Waals surface area contributed by atoms with E-state index in [2.05, 4.69) is 15.9 Å². The fourth-order valence-corrected chi connectivity index (χ4v) is 3.21. The van der Waals surface area contributed by atoms with Crippen LogP contribution in [-0.2, 0) is 0 Å². The van der Waals surface area contributed by atoms with Crippen molar-refractivity contribution in [3.63, 3.8) is 0 Å². The largest absolute Gasteiger partial charge is 0.288 e. The van der Waals surface area contributed by atoms with Crippen molar-refractivity contribution in [2.45, 2.75) is 0 Å². The van der Waals surface area contributed by atoms with Crippen LogP contribution in [0.5, 0.6) is 0 Å². The molecule has 1 nitrogen and oxygen atoms in total. The van der Waals surface area contributed by atoms with Gasteiger partial charge in [0.1, 0.15) is 0 Å².